The first-order valence-corrected chi connectivity index (χ1v) is 11.0. The van der Waals surface area contributed by atoms with E-state index in [0.29, 0.717) is 42.4 Å². The van der Waals surface area contributed by atoms with Gasteiger partial charge in [0, 0.05) is 17.8 Å². The molecule has 0 radical (unpaired) electrons. The number of imidazole rings is 1. The molecule has 3 heterocycles. The van der Waals surface area contributed by atoms with E-state index < -0.39 is 6.29 Å². The molecule has 31 heavy (non-hydrogen) atoms. The number of halogens is 1. The lowest BCUT2D eigenvalue weighted by Crippen LogP contribution is -2.23. The number of hydrogen-bond donors (Lipinski definition) is 2. The zero-order chi connectivity index (χ0) is 21.0. The fraction of sp³-hybridized carbons (Fsp3) is 0.435. The Labute approximate surface area is 180 Å². The molecule has 2 fully saturated rings. The molecule has 2 N–H and O–H groups in total. The van der Waals surface area contributed by atoms with Gasteiger partial charge in [0.15, 0.2) is 5.82 Å². The van der Waals surface area contributed by atoms with E-state index in [0.717, 1.165) is 30.5 Å². The Kier molecular flexibility index (Phi) is 5.90. The molecular formula is C23H26FN5O2. The van der Waals surface area contributed by atoms with Gasteiger partial charge in [-0.3, -0.25) is 0 Å². The molecule has 3 aromatic rings. The summed E-state index contributed by atoms with van der Waals surface area (Å²) in [7, 11) is 0. The van der Waals surface area contributed by atoms with E-state index >= 15 is 0 Å². The van der Waals surface area contributed by atoms with Crippen molar-refractivity contribution in [1.82, 2.24) is 19.9 Å². The molecule has 5 rings (SSSR count). The Hall–Kier alpha value is -2.84. The maximum Gasteiger partial charge on any atom is 0.223 e. The Balaban J connectivity index is 1.50. The molecule has 0 amide bonds. The van der Waals surface area contributed by atoms with Gasteiger partial charge in [0.2, 0.25) is 12.2 Å². The number of aromatic amines is 1. The molecule has 1 aliphatic carbocycles. The molecule has 0 unspecified atom stereocenters. The van der Waals surface area contributed by atoms with Crippen LogP contribution >= 0.6 is 0 Å². The monoisotopic (exact) mass is 423 g/mol. The second-order valence-corrected chi connectivity index (χ2v) is 8.02. The molecule has 162 valence electrons. The van der Waals surface area contributed by atoms with Gasteiger partial charge in [-0.05, 0) is 49.6 Å². The van der Waals surface area contributed by atoms with Gasteiger partial charge in [-0.25, -0.2) is 19.3 Å². The van der Waals surface area contributed by atoms with Crippen molar-refractivity contribution in [1.29, 1.82) is 0 Å². The minimum Gasteiger partial charge on any atom is -0.351 e. The Morgan fingerprint density at radius 3 is 2.48 bits per heavy atom. The highest BCUT2D eigenvalue weighted by atomic mass is 19.1. The van der Waals surface area contributed by atoms with Gasteiger partial charge in [-0.1, -0.05) is 19.3 Å². The molecule has 2 aromatic heterocycles. The first-order chi connectivity index (χ1) is 15.3. The highest BCUT2D eigenvalue weighted by Crippen LogP contribution is 2.33. The number of anilines is 1. The third kappa shape index (κ3) is 4.60. The van der Waals surface area contributed by atoms with Crippen molar-refractivity contribution in [3.63, 3.8) is 0 Å². The van der Waals surface area contributed by atoms with Crippen LogP contribution in [0, 0.1) is 5.82 Å². The summed E-state index contributed by atoms with van der Waals surface area (Å²) in [5.41, 5.74) is 2.90. The molecule has 8 heteroatoms. The summed E-state index contributed by atoms with van der Waals surface area (Å²) in [4.78, 5) is 17.2. The van der Waals surface area contributed by atoms with Crippen molar-refractivity contribution in [2.24, 2.45) is 0 Å². The second kappa shape index (κ2) is 9.11. The third-order valence-corrected chi connectivity index (χ3v) is 5.74. The fourth-order valence-corrected chi connectivity index (χ4v) is 4.15. The quantitative estimate of drug-likeness (QED) is 0.610. The number of nitrogens with zero attached hydrogens (tertiary/aromatic N) is 3. The van der Waals surface area contributed by atoms with Crippen molar-refractivity contribution >= 4 is 5.95 Å². The van der Waals surface area contributed by atoms with Gasteiger partial charge in [0.1, 0.15) is 5.82 Å². The lowest BCUT2D eigenvalue weighted by molar-refractivity contribution is -0.186. The van der Waals surface area contributed by atoms with Crippen LogP contribution in [0.25, 0.3) is 22.6 Å². The zero-order valence-corrected chi connectivity index (χ0v) is 17.3. The van der Waals surface area contributed by atoms with E-state index in [-0.39, 0.29) is 5.82 Å². The van der Waals surface area contributed by atoms with Gasteiger partial charge in [0.05, 0.1) is 30.3 Å². The van der Waals surface area contributed by atoms with Crippen LogP contribution in [0.2, 0.25) is 0 Å². The van der Waals surface area contributed by atoms with Crippen LogP contribution in [0.15, 0.2) is 36.5 Å². The molecule has 0 atom stereocenters. The molecule has 1 aromatic carbocycles. The minimum atomic E-state index is -0.552. The lowest BCUT2D eigenvalue weighted by Gasteiger charge is -2.22. The SMILES string of the molecule is Fc1ccc(-c2nc(C3OCCCO3)[nH]c2-c2ccnc(NC3CCCCC3)n2)cc1. The number of H-pyrrole nitrogens is 1. The normalized spacial score (nSPS) is 18.2. The minimum absolute atomic E-state index is 0.291. The number of hydrogen-bond acceptors (Lipinski definition) is 6. The Bertz CT molecular complexity index is 1010. The highest BCUT2D eigenvalue weighted by Gasteiger charge is 2.24. The van der Waals surface area contributed by atoms with Crippen LogP contribution in [-0.2, 0) is 9.47 Å². The van der Waals surface area contributed by atoms with Gasteiger partial charge in [0.25, 0.3) is 0 Å². The molecule has 0 bridgehead atoms. The summed E-state index contributed by atoms with van der Waals surface area (Å²) in [5, 5.41) is 3.47. The summed E-state index contributed by atoms with van der Waals surface area (Å²) in [5.74, 6) is 0.895. The largest absolute Gasteiger partial charge is 0.351 e. The van der Waals surface area contributed by atoms with Crippen LogP contribution in [0.4, 0.5) is 10.3 Å². The second-order valence-electron chi connectivity index (χ2n) is 8.02. The Morgan fingerprint density at radius 2 is 1.71 bits per heavy atom. The summed E-state index contributed by atoms with van der Waals surface area (Å²) < 4.78 is 25.0. The van der Waals surface area contributed by atoms with E-state index in [4.69, 9.17) is 19.4 Å². The van der Waals surface area contributed by atoms with E-state index in [1.165, 1.54) is 31.4 Å². The van der Waals surface area contributed by atoms with Crippen LogP contribution < -0.4 is 5.32 Å². The van der Waals surface area contributed by atoms with Crippen LogP contribution in [0.1, 0.15) is 50.6 Å². The summed E-state index contributed by atoms with van der Waals surface area (Å²) >= 11 is 0. The predicted molar refractivity (Wildman–Crippen MR) is 115 cm³/mol. The molecule has 7 nitrogen and oxygen atoms in total. The third-order valence-electron chi connectivity index (χ3n) is 5.74. The molecule has 1 aliphatic heterocycles. The first-order valence-electron chi connectivity index (χ1n) is 11.0. The van der Waals surface area contributed by atoms with E-state index in [2.05, 4.69) is 15.3 Å². The van der Waals surface area contributed by atoms with Crippen molar-refractivity contribution in [3.8, 4) is 22.6 Å². The number of aromatic nitrogens is 4. The number of nitrogens with one attached hydrogen (secondary N) is 2. The van der Waals surface area contributed by atoms with Gasteiger partial charge in [-0.15, -0.1) is 0 Å². The van der Waals surface area contributed by atoms with Crippen molar-refractivity contribution < 1.29 is 13.9 Å². The average molecular weight is 423 g/mol. The summed E-state index contributed by atoms with van der Waals surface area (Å²) in [6, 6.07) is 8.53. The van der Waals surface area contributed by atoms with Crippen LogP contribution in [0.3, 0.4) is 0 Å². The van der Waals surface area contributed by atoms with E-state index in [9.17, 15) is 4.39 Å². The van der Waals surface area contributed by atoms with E-state index in [1.54, 1.807) is 18.3 Å². The number of benzene rings is 1. The summed E-state index contributed by atoms with van der Waals surface area (Å²) in [6.45, 7) is 1.24. The number of rotatable bonds is 5. The first kappa shape index (κ1) is 20.1. The van der Waals surface area contributed by atoms with Crippen LogP contribution in [0.5, 0.6) is 0 Å². The maximum atomic E-state index is 13.5. The highest BCUT2D eigenvalue weighted by molar-refractivity contribution is 5.77. The van der Waals surface area contributed by atoms with Gasteiger partial charge in [-0.2, -0.15) is 0 Å². The molecular weight excluding hydrogens is 397 g/mol. The van der Waals surface area contributed by atoms with Crippen molar-refractivity contribution in [2.75, 3.05) is 18.5 Å². The maximum absolute atomic E-state index is 13.5. The van der Waals surface area contributed by atoms with Gasteiger partial charge >= 0.3 is 0 Å². The predicted octanol–water partition coefficient (Wildman–Crippen LogP) is 4.85. The molecule has 1 saturated carbocycles. The van der Waals surface area contributed by atoms with Crippen molar-refractivity contribution in [3.05, 3.63) is 48.2 Å². The zero-order valence-electron chi connectivity index (χ0n) is 17.3. The van der Waals surface area contributed by atoms with Crippen LogP contribution in [-0.4, -0.2) is 39.2 Å². The number of ether oxygens (including phenoxy) is 2. The van der Waals surface area contributed by atoms with Crippen molar-refractivity contribution in [2.45, 2.75) is 50.9 Å². The molecule has 1 saturated heterocycles. The average Bonchev–Trinajstić information content (AvgIpc) is 3.27. The lowest BCUT2D eigenvalue weighted by atomic mass is 9.96. The van der Waals surface area contributed by atoms with E-state index in [1.807, 2.05) is 6.07 Å². The Morgan fingerprint density at radius 1 is 0.935 bits per heavy atom. The standard InChI is InChI=1S/C23H26FN5O2/c24-16-9-7-15(8-10-16)19-20(29-21(28-19)22-30-13-4-14-31-22)18-11-12-25-23(27-18)26-17-5-2-1-3-6-17/h7-12,17,22H,1-6,13-14H2,(H,28,29)(H,25,26,27). The molecule has 0 spiro atoms. The fourth-order valence-electron chi connectivity index (χ4n) is 4.15. The topological polar surface area (TPSA) is 85.0 Å². The summed E-state index contributed by atoms with van der Waals surface area (Å²) in [6.07, 6.45) is 8.09. The van der Waals surface area contributed by atoms with Gasteiger partial charge < -0.3 is 19.8 Å². The molecule has 2 aliphatic rings. The smallest absolute Gasteiger partial charge is 0.223 e.